The van der Waals surface area contributed by atoms with Crippen LogP contribution in [0.25, 0.3) is 0 Å². The third kappa shape index (κ3) is 4.72. The molecule has 0 aliphatic carbocycles. The first-order valence-corrected chi connectivity index (χ1v) is 6.30. The number of rotatable bonds is 5. The molecular formula is C11H21NS. The Morgan fingerprint density at radius 2 is 2.38 bits per heavy atom. The molecule has 0 bridgehead atoms. The number of hydrogen-bond acceptors (Lipinski definition) is 2. The van der Waals surface area contributed by atoms with Gasteiger partial charge in [0.2, 0.25) is 0 Å². The second kappa shape index (κ2) is 6.50. The summed E-state index contributed by atoms with van der Waals surface area (Å²) < 4.78 is 0. The SMILES string of the molecule is C=C(CCNC)CC1CCCCS1. The van der Waals surface area contributed by atoms with Gasteiger partial charge in [-0.1, -0.05) is 18.6 Å². The minimum absolute atomic E-state index is 0.873. The summed E-state index contributed by atoms with van der Waals surface area (Å²) in [7, 11) is 2.00. The van der Waals surface area contributed by atoms with Gasteiger partial charge in [-0.05, 0) is 45.0 Å². The van der Waals surface area contributed by atoms with Crippen LogP contribution in [-0.2, 0) is 0 Å². The fourth-order valence-corrected chi connectivity index (χ4v) is 3.09. The predicted molar refractivity (Wildman–Crippen MR) is 62.4 cm³/mol. The predicted octanol–water partition coefficient (Wildman–Crippen LogP) is 2.83. The molecule has 1 fully saturated rings. The maximum Gasteiger partial charge on any atom is 0.00841 e. The molecule has 0 amide bonds. The molecule has 1 unspecified atom stereocenters. The van der Waals surface area contributed by atoms with Gasteiger partial charge in [-0.25, -0.2) is 0 Å². The third-order valence-electron chi connectivity index (χ3n) is 2.52. The van der Waals surface area contributed by atoms with Crippen LogP contribution in [0.4, 0.5) is 0 Å². The molecule has 1 nitrogen and oxygen atoms in total. The van der Waals surface area contributed by atoms with Crippen LogP contribution >= 0.6 is 11.8 Å². The van der Waals surface area contributed by atoms with E-state index in [4.69, 9.17) is 0 Å². The van der Waals surface area contributed by atoms with E-state index in [2.05, 4.69) is 23.7 Å². The van der Waals surface area contributed by atoms with Crippen LogP contribution in [0.15, 0.2) is 12.2 Å². The van der Waals surface area contributed by atoms with E-state index in [0.717, 1.165) is 18.2 Å². The Morgan fingerprint density at radius 3 is 3.00 bits per heavy atom. The van der Waals surface area contributed by atoms with Crippen molar-refractivity contribution in [3.8, 4) is 0 Å². The van der Waals surface area contributed by atoms with Crippen LogP contribution in [0.2, 0.25) is 0 Å². The molecule has 0 aromatic heterocycles. The van der Waals surface area contributed by atoms with Gasteiger partial charge in [0, 0.05) is 5.25 Å². The monoisotopic (exact) mass is 199 g/mol. The molecular weight excluding hydrogens is 178 g/mol. The van der Waals surface area contributed by atoms with Gasteiger partial charge < -0.3 is 5.32 Å². The average molecular weight is 199 g/mol. The summed E-state index contributed by atoms with van der Waals surface area (Å²) in [5.41, 5.74) is 1.42. The van der Waals surface area contributed by atoms with Gasteiger partial charge in [-0.15, -0.1) is 0 Å². The summed E-state index contributed by atoms with van der Waals surface area (Å²) in [5.74, 6) is 1.37. The van der Waals surface area contributed by atoms with Gasteiger partial charge in [-0.3, -0.25) is 0 Å². The van der Waals surface area contributed by atoms with Crippen LogP contribution in [0.5, 0.6) is 0 Å². The zero-order valence-corrected chi connectivity index (χ0v) is 9.46. The minimum atomic E-state index is 0.873. The van der Waals surface area contributed by atoms with E-state index in [9.17, 15) is 0 Å². The summed E-state index contributed by atoms with van der Waals surface area (Å²) in [6.45, 7) is 5.21. The highest BCUT2D eigenvalue weighted by Crippen LogP contribution is 2.29. The molecule has 2 heteroatoms. The Balaban J connectivity index is 2.11. The Morgan fingerprint density at radius 1 is 1.54 bits per heavy atom. The van der Waals surface area contributed by atoms with E-state index < -0.39 is 0 Å². The van der Waals surface area contributed by atoms with Gasteiger partial charge in [0.25, 0.3) is 0 Å². The number of nitrogens with one attached hydrogen (secondary N) is 1. The summed E-state index contributed by atoms with van der Waals surface area (Å²) in [4.78, 5) is 0. The third-order valence-corrected chi connectivity index (χ3v) is 3.92. The van der Waals surface area contributed by atoms with E-state index >= 15 is 0 Å². The summed E-state index contributed by atoms with van der Waals surface area (Å²) >= 11 is 2.14. The first-order chi connectivity index (χ1) is 6.33. The lowest BCUT2D eigenvalue weighted by Gasteiger charge is -2.21. The highest BCUT2D eigenvalue weighted by molar-refractivity contribution is 7.99. The molecule has 1 rings (SSSR count). The van der Waals surface area contributed by atoms with Gasteiger partial charge in [-0.2, -0.15) is 11.8 Å². The van der Waals surface area contributed by atoms with Crippen molar-refractivity contribution in [1.29, 1.82) is 0 Å². The van der Waals surface area contributed by atoms with Crippen LogP contribution in [-0.4, -0.2) is 24.6 Å². The standard InChI is InChI=1S/C11H21NS/c1-10(6-7-12-2)9-11-5-3-4-8-13-11/h11-12H,1,3-9H2,2H3. The van der Waals surface area contributed by atoms with Crippen molar-refractivity contribution in [3.63, 3.8) is 0 Å². The molecule has 1 atom stereocenters. The normalized spacial score (nSPS) is 23.0. The van der Waals surface area contributed by atoms with Crippen molar-refractivity contribution in [2.45, 2.75) is 37.4 Å². The Labute approximate surface area is 86.4 Å². The van der Waals surface area contributed by atoms with Crippen molar-refractivity contribution in [2.75, 3.05) is 19.3 Å². The number of hydrogen-bond donors (Lipinski definition) is 1. The quantitative estimate of drug-likeness (QED) is 0.683. The maximum atomic E-state index is 4.13. The second-order valence-electron chi connectivity index (χ2n) is 3.80. The molecule has 1 N–H and O–H groups in total. The maximum absolute atomic E-state index is 4.13. The fraction of sp³-hybridized carbons (Fsp3) is 0.818. The van der Waals surface area contributed by atoms with Crippen molar-refractivity contribution < 1.29 is 0 Å². The van der Waals surface area contributed by atoms with E-state index in [-0.39, 0.29) is 0 Å². The second-order valence-corrected chi connectivity index (χ2v) is 5.20. The molecule has 0 spiro atoms. The van der Waals surface area contributed by atoms with Crippen molar-refractivity contribution >= 4 is 11.8 Å². The van der Waals surface area contributed by atoms with Crippen molar-refractivity contribution in [3.05, 3.63) is 12.2 Å². The molecule has 76 valence electrons. The lowest BCUT2D eigenvalue weighted by molar-refractivity contribution is 0.645. The Bertz CT molecular complexity index is 150. The molecule has 1 heterocycles. The summed E-state index contributed by atoms with van der Waals surface area (Å²) in [6, 6.07) is 0. The zero-order valence-electron chi connectivity index (χ0n) is 8.64. The largest absolute Gasteiger partial charge is 0.319 e. The fourth-order valence-electron chi connectivity index (χ4n) is 1.69. The smallest absolute Gasteiger partial charge is 0.00841 e. The molecule has 0 saturated carbocycles. The molecule has 1 aliphatic rings. The van der Waals surface area contributed by atoms with Crippen LogP contribution in [0.3, 0.4) is 0 Å². The summed E-state index contributed by atoms with van der Waals surface area (Å²) in [6.07, 6.45) is 6.64. The van der Waals surface area contributed by atoms with Gasteiger partial charge in [0.1, 0.15) is 0 Å². The van der Waals surface area contributed by atoms with Gasteiger partial charge in [0.15, 0.2) is 0 Å². The molecule has 1 saturated heterocycles. The first-order valence-electron chi connectivity index (χ1n) is 5.26. The van der Waals surface area contributed by atoms with Crippen molar-refractivity contribution in [2.24, 2.45) is 0 Å². The Kier molecular flexibility index (Phi) is 5.56. The lowest BCUT2D eigenvalue weighted by Crippen LogP contribution is -2.13. The highest BCUT2D eigenvalue weighted by atomic mass is 32.2. The van der Waals surface area contributed by atoms with Gasteiger partial charge >= 0.3 is 0 Å². The topological polar surface area (TPSA) is 12.0 Å². The van der Waals surface area contributed by atoms with E-state index in [1.807, 2.05) is 7.05 Å². The lowest BCUT2D eigenvalue weighted by atomic mass is 10.0. The van der Waals surface area contributed by atoms with E-state index in [1.54, 1.807) is 0 Å². The number of thioether (sulfide) groups is 1. The molecule has 0 aromatic rings. The van der Waals surface area contributed by atoms with E-state index in [0.29, 0.717) is 0 Å². The van der Waals surface area contributed by atoms with Crippen LogP contribution in [0, 0.1) is 0 Å². The van der Waals surface area contributed by atoms with Gasteiger partial charge in [0.05, 0.1) is 0 Å². The minimum Gasteiger partial charge on any atom is -0.319 e. The molecule has 1 aliphatic heterocycles. The van der Waals surface area contributed by atoms with Crippen LogP contribution in [0.1, 0.15) is 32.1 Å². The highest BCUT2D eigenvalue weighted by Gasteiger charge is 2.14. The van der Waals surface area contributed by atoms with Crippen LogP contribution < -0.4 is 5.32 Å². The molecule has 0 radical (unpaired) electrons. The first kappa shape index (κ1) is 11.1. The summed E-state index contributed by atoms with van der Waals surface area (Å²) in [5, 5.41) is 4.04. The Hall–Kier alpha value is 0.0500. The van der Waals surface area contributed by atoms with Crippen molar-refractivity contribution in [1.82, 2.24) is 5.32 Å². The average Bonchev–Trinajstić information content (AvgIpc) is 2.16. The molecule has 0 aromatic carbocycles. The molecule has 13 heavy (non-hydrogen) atoms. The zero-order chi connectivity index (χ0) is 9.52. The van der Waals surface area contributed by atoms with E-state index in [1.165, 1.54) is 37.0 Å².